The van der Waals surface area contributed by atoms with E-state index in [1.807, 2.05) is 0 Å². The van der Waals surface area contributed by atoms with Gasteiger partial charge in [0.15, 0.2) is 0 Å². The van der Waals surface area contributed by atoms with Crippen molar-refractivity contribution in [1.29, 1.82) is 0 Å². The number of hydrogen-bond donors (Lipinski definition) is 2. The SMILES string of the molecule is CC(C)C(NC(=O)OC(C)(C)C)C(=O)NCC#Cc1cccc(C(F)(F)F)c1. The van der Waals surface area contributed by atoms with Crippen LogP contribution in [0.15, 0.2) is 24.3 Å². The summed E-state index contributed by atoms with van der Waals surface area (Å²) in [6, 6.07) is 3.79. The maximum atomic E-state index is 12.7. The highest BCUT2D eigenvalue weighted by Crippen LogP contribution is 2.29. The molecule has 0 saturated heterocycles. The average Bonchev–Trinajstić information content (AvgIpc) is 2.54. The van der Waals surface area contributed by atoms with Gasteiger partial charge in [0, 0.05) is 5.56 Å². The van der Waals surface area contributed by atoms with Gasteiger partial charge in [-0.1, -0.05) is 31.8 Å². The van der Waals surface area contributed by atoms with Crippen LogP contribution in [0.5, 0.6) is 0 Å². The summed E-state index contributed by atoms with van der Waals surface area (Å²) in [5.41, 5.74) is -1.29. The monoisotopic (exact) mass is 398 g/mol. The number of carbonyl (C=O) groups is 2. The predicted octanol–water partition coefficient (Wildman–Crippen LogP) is 3.72. The standard InChI is InChI=1S/C20H25F3N2O3/c1-13(2)16(25-18(27)28-19(3,4)5)17(26)24-11-7-9-14-8-6-10-15(12-14)20(21,22)23/h6,8,10,12-13,16H,11H2,1-5H3,(H,24,26)(H,25,27). The molecule has 0 heterocycles. The first-order valence-corrected chi connectivity index (χ1v) is 8.73. The highest BCUT2D eigenvalue weighted by Gasteiger charge is 2.30. The third-order valence-electron chi connectivity index (χ3n) is 3.40. The Morgan fingerprint density at radius 2 is 1.82 bits per heavy atom. The van der Waals surface area contributed by atoms with Crippen molar-refractivity contribution in [2.75, 3.05) is 6.54 Å². The molecule has 2 N–H and O–H groups in total. The number of benzene rings is 1. The van der Waals surface area contributed by atoms with Gasteiger partial charge in [0.05, 0.1) is 12.1 Å². The molecule has 8 heteroatoms. The zero-order valence-electron chi connectivity index (χ0n) is 16.5. The van der Waals surface area contributed by atoms with E-state index >= 15 is 0 Å². The Kier molecular flexibility index (Phi) is 7.91. The summed E-state index contributed by atoms with van der Waals surface area (Å²) < 4.78 is 43.2. The summed E-state index contributed by atoms with van der Waals surface area (Å²) in [6.45, 7) is 8.57. The van der Waals surface area contributed by atoms with Gasteiger partial charge >= 0.3 is 12.3 Å². The number of ether oxygens (including phenoxy) is 1. The smallest absolute Gasteiger partial charge is 0.416 e. The van der Waals surface area contributed by atoms with Gasteiger partial charge in [-0.05, 0) is 44.9 Å². The molecule has 0 fully saturated rings. The van der Waals surface area contributed by atoms with E-state index in [4.69, 9.17) is 4.74 Å². The molecule has 0 aliphatic heterocycles. The maximum Gasteiger partial charge on any atom is 0.416 e. The largest absolute Gasteiger partial charge is 0.444 e. The zero-order valence-corrected chi connectivity index (χ0v) is 16.5. The van der Waals surface area contributed by atoms with Crippen molar-refractivity contribution in [2.45, 2.75) is 52.4 Å². The van der Waals surface area contributed by atoms with E-state index in [1.54, 1.807) is 34.6 Å². The fraction of sp³-hybridized carbons (Fsp3) is 0.500. The van der Waals surface area contributed by atoms with Crippen molar-refractivity contribution in [2.24, 2.45) is 5.92 Å². The minimum atomic E-state index is -4.44. The van der Waals surface area contributed by atoms with Crippen molar-refractivity contribution in [3.05, 3.63) is 35.4 Å². The molecule has 28 heavy (non-hydrogen) atoms. The number of hydrogen-bond acceptors (Lipinski definition) is 3. The summed E-state index contributed by atoms with van der Waals surface area (Å²) in [4.78, 5) is 24.2. The maximum absolute atomic E-state index is 12.7. The van der Waals surface area contributed by atoms with Crippen LogP contribution in [0.1, 0.15) is 45.7 Å². The molecule has 0 saturated carbocycles. The second kappa shape index (κ2) is 9.49. The lowest BCUT2D eigenvalue weighted by Crippen LogP contribution is -2.50. The van der Waals surface area contributed by atoms with Crippen LogP contribution in [0.4, 0.5) is 18.0 Å². The number of alkyl carbamates (subject to hydrolysis) is 1. The van der Waals surface area contributed by atoms with Gasteiger partial charge in [-0.3, -0.25) is 4.79 Å². The minimum Gasteiger partial charge on any atom is -0.444 e. The lowest BCUT2D eigenvalue weighted by Gasteiger charge is -2.24. The van der Waals surface area contributed by atoms with E-state index in [-0.39, 0.29) is 18.0 Å². The zero-order chi connectivity index (χ0) is 21.5. The van der Waals surface area contributed by atoms with E-state index < -0.39 is 35.4 Å². The van der Waals surface area contributed by atoms with Crippen molar-refractivity contribution in [3.63, 3.8) is 0 Å². The van der Waals surface area contributed by atoms with Crippen LogP contribution in [-0.2, 0) is 15.7 Å². The predicted molar refractivity (Wildman–Crippen MR) is 99.3 cm³/mol. The Morgan fingerprint density at radius 3 is 2.36 bits per heavy atom. The third-order valence-corrected chi connectivity index (χ3v) is 3.40. The molecule has 5 nitrogen and oxygen atoms in total. The summed E-state index contributed by atoms with van der Waals surface area (Å²) in [5.74, 6) is 4.52. The molecular weight excluding hydrogens is 373 g/mol. The molecule has 0 radical (unpaired) electrons. The summed E-state index contributed by atoms with van der Waals surface area (Å²) in [6.07, 6.45) is -5.15. The van der Waals surface area contributed by atoms with Crippen molar-refractivity contribution < 1.29 is 27.5 Å². The Hall–Kier alpha value is -2.69. The molecule has 1 atom stereocenters. The van der Waals surface area contributed by atoms with Gasteiger partial charge in [-0.25, -0.2) is 4.79 Å². The van der Waals surface area contributed by atoms with Gasteiger partial charge in [0.25, 0.3) is 0 Å². The van der Waals surface area contributed by atoms with Crippen molar-refractivity contribution in [1.82, 2.24) is 10.6 Å². The van der Waals surface area contributed by atoms with Crippen LogP contribution < -0.4 is 10.6 Å². The average molecular weight is 398 g/mol. The van der Waals surface area contributed by atoms with Gasteiger partial charge < -0.3 is 15.4 Å². The van der Waals surface area contributed by atoms with E-state index in [9.17, 15) is 22.8 Å². The van der Waals surface area contributed by atoms with Crippen LogP contribution in [-0.4, -0.2) is 30.2 Å². The van der Waals surface area contributed by atoms with E-state index in [0.29, 0.717) is 0 Å². The lowest BCUT2D eigenvalue weighted by molar-refractivity contribution is -0.137. The number of alkyl halides is 3. The van der Waals surface area contributed by atoms with Crippen molar-refractivity contribution in [3.8, 4) is 11.8 Å². The number of carbonyl (C=O) groups excluding carboxylic acids is 2. The molecule has 0 bridgehead atoms. The molecule has 1 unspecified atom stereocenters. The number of halogens is 3. The van der Waals surface area contributed by atoms with Gasteiger partial charge in [-0.2, -0.15) is 13.2 Å². The van der Waals surface area contributed by atoms with Gasteiger partial charge in [0.1, 0.15) is 11.6 Å². The van der Waals surface area contributed by atoms with Crippen LogP contribution in [0, 0.1) is 17.8 Å². The summed E-state index contributed by atoms with van der Waals surface area (Å²) in [5, 5.41) is 5.05. The van der Waals surface area contributed by atoms with Crippen LogP contribution in [0.25, 0.3) is 0 Å². The molecule has 0 aliphatic rings. The van der Waals surface area contributed by atoms with Crippen LogP contribution >= 0.6 is 0 Å². The van der Waals surface area contributed by atoms with Crippen molar-refractivity contribution >= 4 is 12.0 Å². The molecule has 1 rings (SSSR count). The number of nitrogens with one attached hydrogen (secondary N) is 2. The van der Waals surface area contributed by atoms with Crippen LogP contribution in [0.3, 0.4) is 0 Å². The molecule has 154 valence electrons. The topological polar surface area (TPSA) is 67.4 Å². The number of rotatable bonds is 4. The highest BCUT2D eigenvalue weighted by molar-refractivity contribution is 5.86. The molecule has 0 spiro atoms. The molecular formula is C20H25F3N2O3. The Balaban J connectivity index is 2.67. The van der Waals surface area contributed by atoms with Crippen LogP contribution in [0.2, 0.25) is 0 Å². The Morgan fingerprint density at radius 1 is 1.18 bits per heavy atom. The molecule has 1 aromatic rings. The lowest BCUT2D eigenvalue weighted by atomic mass is 10.0. The third kappa shape index (κ3) is 8.33. The summed E-state index contributed by atoms with van der Waals surface area (Å²) in [7, 11) is 0. The fourth-order valence-corrected chi connectivity index (χ4v) is 2.13. The van der Waals surface area contributed by atoms with Gasteiger partial charge in [-0.15, -0.1) is 0 Å². The molecule has 2 amide bonds. The van der Waals surface area contributed by atoms with E-state index in [0.717, 1.165) is 12.1 Å². The fourth-order valence-electron chi connectivity index (χ4n) is 2.13. The highest BCUT2D eigenvalue weighted by atomic mass is 19.4. The second-order valence-electron chi connectivity index (χ2n) is 7.47. The number of amides is 2. The summed E-state index contributed by atoms with van der Waals surface area (Å²) >= 11 is 0. The second-order valence-corrected chi connectivity index (χ2v) is 7.47. The van der Waals surface area contributed by atoms with E-state index in [1.165, 1.54) is 12.1 Å². The molecule has 0 aromatic heterocycles. The van der Waals surface area contributed by atoms with Gasteiger partial charge in [0.2, 0.25) is 5.91 Å². The normalized spacial score (nSPS) is 12.6. The Bertz CT molecular complexity index is 756. The first-order chi connectivity index (χ1) is 12.8. The van der Waals surface area contributed by atoms with E-state index in [2.05, 4.69) is 22.5 Å². The quantitative estimate of drug-likeness (QED) is 0.760. The first kappa shape index (κ1) is 23.3. The minimum absolute atomic E-state index is 0.0751. The molecule has 1 aromatic carbocycles. The first-order valence-electron chi connectivity index (χ1n) is 8.73. The molecule has 0 aliphatic carbocycles. The Labute approximate surface area is 163 Å².